The molecule has 2 aliphatic carbocycles. The first-order valence-corrected chi connectivity index (χ1v) is 14.5. The molecule has 3 aliphatic rings. The van der Waals surface area contributed by atoms with Crippen LogP contribution in [-0.4, -0.2) is 49.4 Å². The zero-order valence-corrected chi connectivity index (χ0v) is 20.6. The first-order valence-electron chi connectivity index (χ1n) is 11.8. The molecule has 3 N–H and O–H groups in total. The van der Waals surface area contributed by atoms with Crippen molar-refractivity contribution in [1.82, 2.24) is 10.3 Å². The average Bonchev–Trinajstić information content (AvgIpc) is 3.50. The summed E-state index contributed by atoms with van der Waals surface area (Å²) in [5.41, 5.74) is 8.35. The highest BCUT2D eigenvalue weighted by Gasteiger charge is 2.47. The number of nitrogens with zero attached hydrogens (tertiary/aromatic N) is 3. The van der Waals surface area contributed by atoms with Gasteiger partial charge in [0.25, 0.3) is 0 Å². The van der Waals surface area contributed by atoms with E-state index in [1.807, 2.05) is 24.3 Å². The van der Waals surface area contributed by atoms with Gasteiger partial charge in [-0.2, -0.15) is 5.26 Å². The molecule has 1 saturated heterocycles. The summed E-state index contributed by atoms with van der Waals surface area (Å²) >= 11 is 1.44. The Morgan fingerprint density at radius 3 is 2.50 bits per heavy atom. The van der Waals surface area contributed by atoms with Gasteiger partial charge in [-0.1, -0.05) is 36.3 Å². The van der Waals surface area contributed by atoms with Gasteiger partial charge in [0.05, 0.1) is 28.1 Å². The molecule has 1 aromatic heterocycles. The zero-order chi connectivity index (χ0) is 23.9. The van der Waals surface area contributed by atoms with E-state index >= 15 is 0 Å². The molecule has 34 heavy (non-hydrogen) atoms. The Kier molecular flexibility index (Phi) is 6.02. The van der Waals surface area contributed by atoms with Gasteiger partial charge in [0.15, 0.2) is 15.0 Å². The van der Waals surface area contributed by atoms with Gasteiger partial charge in [-0.15, -0.1) is 0 Å². The van der Waals surface area contributed by atoms with E-state index in [0.29, 0.717) is 18.2 Å². The highest BCUT2D eigenvalue weighted by Crippen LogP contribution is 2.45. The number of rotatable bonds is 5. The SMILES string of the molecule is N#CC1(NC(=O)C2CCCC[C@H]2c2nc(N)sc2-c2ccc(N3CCS(=O)(=O)CC3)cc2)CC1. The van der Waals surface area contributed by atoms with Crippen LogP contribution in [0.3, 0.4) is 0 Å². The van der Waals surface area contributed by atoms with Crippen LogP contribution in [0.1, 0.15) is 50.1 Å². The Hall–Kier alpha value is -2.64. The largest absolute Gasteiger partial charge is 0.375 e. The number of hydrogen-bond donors (Lipinski definition) is 2. The standard InChI is InChI=1S/C24H29N5O3S2/c25-15-24(9-10-24)28-22(30)19-4-2-1-3-18(19)20-21(33-23(26)27-20)16-5-7-17(8-6-16)29-11-13-34(31,32)14-12-29/h5-8,18-19H,1-4,9-14H2,(H2,26,27)(H,28,30)/t18-,19?/m1/s1. The van der Waals surface area contributed by atoms with E-state index in [9.17, 15) is 18.5 Å². The maximum Gasteiger partial charge on any atom is 0.225 e. The van der Waals surface area contributed by atoms with Crippen molar-refractivity contribution in [2.24, 2.45) is 5.92 Å². The number of nitrogen functional groups attached to an aromatic ring is 1. The number of nitrogens with two attached hydrogens (primary N) is 1. The number of thiazole rings is 1. The van der Waals surface area contributed by atoms with Crippen LogP contribution in [-0.2, 0) is 14.6 Å². The number of aromatic nitrogens is 1. The van der Waals surface area contributed by atoms with Gasteiger partial charge in [0, 0.05) is 30.6 Å². The summed E-state index contributed by atoms with van der Waals surface area (Å²) in [7, 11) is -2.92. The number of nitriles is 1. The molecule has 5 rings (SSSR count). The maximum atomic E-state index is 13.2. The van der Waals surface area contributed by atoms with Crippen molar-refractivity contribution in [2.75, 3.05) is 35.2 Å². The molecule has 2 heterocycles. The summed E-state index contributed by atoms with van der Waals surface area (Å²) < 4.78 is 23.5. The van der Waals surface area contributed by atoms with Crippen LogP contribution in [0.5, 0.6) is 0 Å². The van der Waals surface area contributed by atoms with Crippen molar-refractivity contribution in [1.29, 1.82) is 5.26 Å². The number of carbonyl (C=O) groups excluding carboxylic acids is 1. The molecule has 2 aromatic rings. The van der Waals surface area contributed by atoms with Crippen molar-refractivity contribution in [3.8, 4) is 16.5 Å². The molecular formula is C24H29N5O3S2. The molecule has 0 bridgehead atoms. The number of nitrogens with one attached hydrogen (secondary N) is 1. The van der Waals surface area contributed by atoms with Crippen LogP contribution in [0.15, 0.2) is 24.3 Å². The lowest BCUT2D eigenvalue weighted by Gasteiger charge is -2.31. The Bertz CT molecular complexity index is 1210. The van der Waals surface area contributed by atoms with E-state index in [1.165, 1.54) is 11.3 Å². The summed E-state index contributed by atoms with van der Waals surface area (Å²) in [5.74, 6) is 0.0789. The van der Waals surface area contributed by atoms with Crippen molar-refractivity contribution in [2.45, 2.75) is 50.0 Å². The molecule has 1 aromatic carbocycles. The van der Waals surface area contributed by atoms with Crippen molar-refractivity contribution in [3.63, 3.8) is 0 Å². The van der Waals surface area contributed by atoms with E-state index in [-0.39, 0.29) is 29.2 Å². The second kappa shape index (κ2) is 8.86. The molecule has 1 aliphatic heterocycles. The number of carbonyl (C=O) groups is 1. The molecular weight excluding hydrogens is 470 g/mol. The molecule has 10 heteroatoms. The van der Waals surface area contributed by atoms with Crippen LogP contribution in [0.25, 0.3) is 10.4 Å². The monoisotopic (exact) mass is 499 g/mol. The Balaban J connectivity index is 1.38. The number of sulfone groups is 1. The van der Waals surface area contributed by atoms with E-state index in [4.69, 9.17) is 5.73 Å². The highest BCUT2D eigenvalue weighted by molar-refractivity contribution is 7.91. The van der Waals surface area contributed by atoms with Gasteiger partial charge in [-0.25, -0.2) is 13.4 Å². The molecule has 1 unspecified atom stereocenters. The Morgan fingerprint density at radius 1 is 1.18 bits per heavy atom. The minimum atomic E-state index is -2.92. The van der Waals surface area contributed by atoms with Gasteiger partial charge < -0.3 is 16.0 Å². The van der Waals surface area contributed by atoms with Gasteiger partial charge >= 0.3 is 0 Å². The van der Waals surface area contributed by atoms with Crippen molar-refractivity contribution < 1.29 is 13.2 Å². The summed E-state index contributed by atoms with van der Waals surface area (Å²) in [6.07, 6.45) is 5.11. The van der Waals surface area contributed by atoms with E-state index in [1.54, 1.807) is 0 Å². The number of amides is 1. The fourth-order valence-electron chi connectivity index (χ4n) is 5.09. The summed E-state index contributed by atoms with van der Waals surface area (Å²) in [6, 6.07) is 10.3. The van der Waals surface area contributed by atoms with Gasteiger partial charge in [0.1, 0.15) is 5.54 Å². The van der Waals surface area contributed by atoms with E-state index in [2.05, 4.69) is 21.3 Å². The lowest BCUT2D eigenvalue weighted by molar-refractivity contribution is -0.127. The van der Waals surface area contributed by atoms with Gasteiger partial charge in [-0.05, 0) is 43.4 Å². The molecule has 3 fully saturated rings. The quantitative estimate of drug-likeness (QED) is 0.647. The number of anilines is 2. The molecule has 180 valence electrons. The predicted molar refractivity (Wildman–Crippen MR) is 133 cm³/mol. The Labute approximate surface area is 204 Å². The van der Waals surface area contributed by atoms with Gasteiger partial charge in [-0.3, -0.25) is 4.79 Å². The van der Waals surface area contributed by atoms with Crippen LogP contribution in [0, 0.1) is 17.2 Å². The smallest absolute Gasteiger partial charge is 0.225 e. The fourth-order valence-corrected chi connectivity index (χ4v) is 7.20. The average molecular weight is 500 g/mol. The molecule has 1 amide bonds. The van der Waals surface area contributed by atoms with Gasteiger partial charge in [0.2, 0.25) is 5.91 Å². The van der Waals surface area contributed by atoms with E-state index in [0.717, 1.165) is 60.3 Å². The lowest BCUT2D eigenvalue weighted by Crippen LogP contribution is -2.42. The van der Waals surface area contributed by atoms with Crippen molar-refractivity contribution in [3.05, 3.63) is 30.0 Å². The minimum absolute atomic E-state index is 0.0289. The fraction of sp³-hybridized carbons (Fsp3) is 0.542. The molecule has 8 nitrogen and oxygen atoms in total. The zero-order valence-electron chi connectivity index (χ0n) is 19.0. The number of benzene rings is 1. The highest BCUT2D eigenvalue weighted by atomic mass is 32.2. The van der Waals surface area contributed by atoms with E-state index < -0.39 is 15.4 Å². The van der Waals surface area contributed by atoms with Crippen LogP contribution in [0.2, 0.25) is 0 Å². The Morgan fingerprint density at radius 2 is 1.85 bits per heavy atom. The second-order valence-corrected chi connectivity index (χ2v) is 13.0. The van der Waals surface area contributed by atoms with Crippen LogP contribution in [0.4, 0.5) is 10.8 Å². The molecule has 0 spiro atoms. The molecule has 2 atom stereocenters. The topological polar surface area (TPSA) is 129 Å². The first-order chi connectivity index (χ1) is 16.3. The third kappa shape index (κ3) is 4.64. The summed E-state index contributed by atoms with van der Waals surface area (Å²) in [5, 5.41) is 12.9. The predicted octanol–water partition coefficient (Wildman–Crippen LogP) is 3.07. The van der Waals surface area contributed by atoms with Crippen LogP contribution >= 0.6 is 11.3 Å². The summed E-state index contributed by atoms with van der Waals surface area (Å²) in [4.78, 5) is 20.9. The molecule has 0 radical (unpaired) electrons. The minimum Gasteiger partial charge on any atom is -0.375 e. The summed E-state index contributed by atoms with van der Waals surface area (Å²) in [6.45, 7) is 1.01. The van der Waals surface area contributed by atoms with Crippen molar-refractivity contribution >= 4 is 37.9 Å². The third-order valence-electron chi connectivity index (χ3n) is 7.29. The first kappa shape index (κ1) is 23.1. The second-order valence-electron chi connectivity index (χ2n) is 9.63. The normalized spacial score (nSPS) is 25.3. The molecule has 2 saturated carbocycles. The number of hydrogen-bond acceptors (Lipinski definition) is 8. The lowest BCUT2D eigenvalue weighted by atomic mass is 9.76. The van der Waals surface area contributed by atoms with Crippen LogP contribution < -0.4 is 16.0 Å². The maximum absolute atomic E-state index is 13.2. The third-order valence-corrected chi connectivity index (χ3v) is 9.85.